The summed E-state index contributed by atoms with van der Waals surface area (Å²) in [6, 6.07) is 19.9. The lowest BCUT2D eigenvalue weighted by Crippen LogP contribution is -2.19. The van der Waals surface area contributed by atoms with Gasteiger partial charge in [0.15, 0.2) is 5.76 Å². The summed E-state index contributed by atoms with van der Waals surface area (Å²) in [5.41, 5.74) is 3.11. The van der Waals surface area contributed by atoms with Crippen LogP contribution >= 0.6 is 0 Å². The van der Waals surface area contributed by atoms with Gasteiger partial charge in [-0.3, -0.25) is 4.79 Å². The summed E-state index contributed by atoms with van der Waals surface area (Å²) in [7, 11) is 0. The molecule has 5 rings (SSSR count). The number of aliphatic carboxylic acids is 1. The third kappa shape index (κ3) is 5.46. The highest BCUT2D eigenvalue weighted by Crippen LogP contribution is 2.48. The predicted molar refractivity (Wildman–Crippen MR) is 137 cm³/mol. The van der Waals surface area contributed by atoms with Crippen LogP contribution in [0.25, 0.3) is 22.5 Å². The molecule has 1 heterocycles. The zero-order valence-corrected chi connectivity index (χ0v) is 21.0. The molecule has 1 fully saturated rings. The van der Waals surface area contributed by atoms with E-state index in [1.54, 1.807) is 6.92 Å². The summed E-state index contributed by atoms with van der Waals surface area (Å²) in [6.07, 6.45) is -4.24. The number of alkyl halides is 3. The van der Waals surface area contributed by atoms with Gasteiger partial charge in [-0.25, -0.2) is 0 Å². The van der Waals surface area contributed by atoms with Gasteiger partial charge < -0.3 is 19.5 Å². The summed E-state index contributed by atoms with van der Waals surface area (Å²) in [4.78, 5) is 11.6. The smallest absolute Gasteiger partial charge is 0.416 e. The second-order valence-electron chi connectivity index (χ2n) is 9.78. The molecule has 1 unspecified atom stereocenters. The Kier molecular flexibility index (Phi) is 7.05. The number of hydrogen-bond donors (Lipinski definition) is 2. The van der Waals surface area contributed by atoms with Crippen molar-refractivity contribution in [2.45, 2.75) is 44.1 Å². The number of carboxylic acids is 1. The second-order valence-corrected chi connectivity index (χ2v) is 9.78. The molecular formula is C30H26F3NO5. The Labute approximate surface area is 222 Å². The molecule has 0 spiro atoms. The fourth-order valence-electron chi connectivity index (χ4n) is 4.73. The Morgan fingerprint density at radius 3 is 2.23 bits per heavy atom. The van der Waals surface area contributed by atoms with E-state index in [0.29, 0.717) is 41.0 Å². The fraction of sp³-hybridized carbons (Fsp3) is 0.267. The predicted octanol–water partition coefficient (Wildman–Crippen LogP) is 6.70. The minimum atomic E-state index is -4.44. The van der Waals surface area contributed by atoms with Crippen molar-refractivity contribution in [3.63, 3.8) is 0 Å². The molecule has 0 bridgehead atoms. The third-order valence-corrected chi connectivity index (χ3v) is 7.12. The molecule has 2 N–H and O–H groups in total. The molecule has 1 aromatic heterocycles. The van der Waals surface area contributed by atoms with E-state index in [-0.39, 0.29) is 13.2 Å². The van der Waals surface area contributed by atoms with Gasteiger partial charge in [-0.05, 0) is 54.2 Å². The summed E-state index contributed by atoms with van der Waals surface area (Å²) in [5, 5.41) is 24.3. The number of ether oxygens (including phenoxy) is 1. The van der Waals surface area contributed by atoms with E-state index in [2.05, 4.69) is 5.16 Å². The van der Waals surface area contributed by atoms with Crippen molar-refractivity contribution in [1.82, 2.24) is 5.16 Å². The van der Waals surface area contributed by atoms with Crippen molar-refractivity contribution in [3.8, 4) is 22.5 Å². The molecule has 0 aliphatic heterocycles. The van der Waals surface area contributed by atoms with Crippen molar-refractivity contribution >= 4 is 5.97 Å². The van der Waals surface area contributed by atoms with Gasteiger partial charge in [0, 0.05) is 5.56 Å². The van der Waals surface area contributed by atoms with E-state index in [1.807, 2.05) is 48.5 Å². The second kappa shape index (κ2) is 10.3. The molecule has 1 aliphatic rings. The molecule has 1 saturated carbocycles. The number of benzene rings is 3. The molecule has 4 aromatic rings. The molecule has 0 amide bonds. The van der Waals surface area contributed by atoms with Crippen molar-refractivity contribution in [2.75, 3.05) is 6.61 Å². The Morgan fingerprint density at radius 2 is 1.64 bits per heavy atom. The summed E-state index contributed by atoms with van der Waals surface area (Å²) >= 11 is 0. The van der Waals surface area contributed by atoms with Gasteiger partial charge in [0.05, 0.1) is 35.4 Å². The molecule has 6 nitrogen and oxygen atoms in total. The number of rotatable bonds is 9. The molecule has 9 heteroatoms. The molecular weight excluding hydrogens is 511 g/mol. The zero-order valence-electron chi connectivity index (χ0n) is 21.0. The number of hydrogen-bond acceptors (Lipinski definition) is 5. The summed E-state index contributed by atoms with van der Waals surface area (Å²) in [6.45, 7) is 1.44. The van der Waals surface area contributed by atoms with Crippen LogP contribution in [0.3, 0.4) is 0 Å². The van der Waals surface area contributed by atoms with Gasteiger partial charge in [0.1, 0.15) is 6.10 Å². The lowest BCUT2D eigenvalue weighted by Gasteiger charge is -2.13. The number of carbonyl (C=O) groups is 1. The highest BCUT2D eigenvalue weighted by atomic mass is 19.4. The van der Waals surface area contributed by atoms with Crippen LogP contribution in [0.1, 0.15) is 46.9 Å². The van der Waals surface area contributed by atoms with Gasteiger partial charge in [-0.15, -0.1) is 0 Å². The summed E-state index contributed by atoms with van der Waals surface area (Å²) < 4.78 is 49.9. The Balaban J connectivity index is 1.26. The number of halogens is 3. The maximum atomic E-state index is 12.9. The van der Waals surface area contributed by atoms with Gasteiger partial charge in [0.2, 0.25) is 0 Å². The van der Waals surface area contributed by atoms with E-state index in [0.717, 1.165) is 28.8 Å². The number of carboxylic acid groups (broad SMARTS) is 1. The molecule has 39 heavy (non-hydrogen) atoms. The van der Waals surface area contributed by atoms with E-state index in [9.17, 15) is 28.2 Å². The van der Waals surface area contributed by atoms with E-state index >= 15 is 0 Å². The zero-order chi connectivity index (χ0) is 27.8. The van der Waals surface area contributed by atoms with E-state index < -0.39 is 29.2 Å². The number of aryl methyl sites for hydroxylation is 1. The lowest BCUT2D eigenvalue weighted by molar-refractivity contribution is -0.140. The lowest BCUT2D eigenvalue weighted by atomic mass is 9.93. The fourth-order valence-corrected chi connectivity index (χ4v) is 4.73. The first-order chi connectivity index (χ1) is 18.6. The van der Waals surface area contributed by atoms with Crippen LogP contribution in [0.4, 0.5) is 13.2 Å². The first kappa shape index (κ1) is 26.6. The Bertz CT molecular complexity index is 1470. The maximum Gasteiger partial charge on any atom is 0.416 e. The van der Waals surface area contributed by atoms with Gasteiger partial charge in [-0.1, -0.05) is 65.8 Å². The average molecular weight is 538 g/mol. The van der Waals surface area contributed by atoms with Gasteiger partial charge in [-0.2, -0.15) is 13.2 Å². The molecule has 202 valence electrons. The van der Waals surface area contributed by atoms with Crippen LogP contribution in [0, 0.1) is 6.92 Å². The molecule has 1 atom stereocenters. The van der Waals surface area contributed by atoms with Crippen LogP contribution < -0.4 is 0 Å². The highest BCUT2D eigenvalue weighted by molar-refractivity contribution is 5.85. The average Bonchev–Trinajstić information content (AvgIpc) is 3.65. The standard InChI is InChI=1S/C30H26F3NO5/c1-18-26(25(35)17-38-16-19-3-2-4-24(15-19)30(31,32)33)27(39-34-18)22-7-5-20(6-8-22)21-9-11-23(12-10-21)29(13-14-29)28(36)37/h2-12,15,25,35H,13-14,16-17H2,1H3,(H,36,37). The van der Waals surface area contributed by atoms with Gasteiger partial charge >= 0.3 is 12.1 Å². The normalized spacial score (nSPS) is 15.2. The summed E-state index contributed by atoms with van der Waals surface area (Å²) in [5.74, 6) is -0.414. The Morgan fingerprint density at radius 1 is 1.03 bits per heavy atom. The first-order valence-corrected chi connectivity index (χ1v) is 12.4. The van der Waals surface area contributed by atoms with Crippen LogP contribution in [-0.2, 0) is 27.7 Å². The molecule has 0 radical (unpaired) electrons. The van der Waals surface area contributed by atoms with Gasteiger partial charge in [0.25, 0.3) is 0 Å². The minimum absolute atomic E-state index is 0.0955. The monoisotopic (exact) mass is 537 g/mol. The molecule has 1 aliphatic carbocycles. The molecule has 3 aromatic carbocycles. The van der Waals surface area contributed by atoms with Crippen molar-refractivity contribution in [2.24, 2.45) is 0 Å². The van der Waals surface area contributed by atoms with Crippen molar-refractivity contribution in [1.29, 1.82) is 0 Å². The van der Waals surface area contributed by atoms with Crippen LogP contribution in [-0.4, -0.2) is 27.9 Å². The maximum absolute atomic E-state index is 12.9. The first-order valence-electron chi connectivity index (χ1n) is 12.4. The number of nitrogens with zero attached hydrogens (tertiary/aromatic N) is 1. The number of aliphatic hydroxyl groups is 1. The Hall–Kier alpha value is -3.95. The highest BCUT2D eigenvalue weighted by Gasteiger charge is 2.51. The van der Waals surface area contributed by atoms with Crippen molar-refractivity contribution < 1.29 is 37.4 Å². The quantitative estimate of drug-likeness (QED) is 0.247. The van der Waals surface area contributed by atoms with E-state index in [1.165, 1.54) is 12.1 Å². The number of aromatic nitrogens is 1. The van der Waals surface area contributed by atoms with Crippen LogP contribution in [0.5, 0.6) is 0 Å². The largest absolute Gasteiger partial charge is 0.481 e. The van der Waals surface area contributed by atoms with E-state index in [4.69, 9.17) is 9.26 Å². The SMILES string of the molecule is Cc1noc(-c2ccc(-c3ccc(C4(C(=O)O)CC4)cc3)cc2)c1C(O)COCc1cccc(C(F)(F)F)c1. The van der Waals surface area contributed by atoms with Crippen molar-refractivity contribution in [3.05, 3.63) is 101 Å². The topological polar surface area (TPSA) is 92.8 Å². The molecule has 0 saturated heterocycles. The van der Waals surface area contributed by atoms with Crippen LogP contribution in [0.2, 0.25) is 0 Å². The van der Waals surface area contributed by atoms with Crippen LogP contribution in [0.15, 0.2) is 77.3 Å². The third-order valence-electron chi connectivity index (χ3n) is 7.12. The minimum Gasteiger partial charge on any atom is -0.481 e. The number of aliphatic hydroxyl groups excluding tert-OH is 1.